The predicted octanol–water partition coefficient (Wildman–Crippen LogP) is 2.50. The number of nitrogens with one attached hydrogen (secondary N) is 2. The van der Waals surface area contributed by atoms with Crippen molar-refractivity contribution < 1.29 is 33.0 Å². The number of pyridine rings is 1. The number of hydrogen-bond acceptors (Lipinski definition) is 7. The number of carbonyl (C=O) groups excluding carboxylic acids is 1. The third-order valence-electron chi connectivity index (χ3n) is 5.76. The third kappa shape index (κ3) is 4.89. The molecule has 0 aliphatic heterocycles. The van der Waals surface area contributed by atoms with Crippen molar-refractivity contribution in [2.24, 2.45) is 7.05 Å². The van der Waals surface area contributed by atoms with Crippen molar-refractivity contribution >= 4 is 33.3 Å². The van der Waals surface area contributed by atoms with Crippen molar-refractivity contribution in [2.45, 2.75) is 31.1 Å². The molecule has 1 aliphatic carbocycles. The van der Waals surface area contributed by atoms with Crippen LogP contribution in [0.3, 0.4) is 0 Å². The van der Waals surface area contributed by atoms with Gasteiger partial charge in [0.1, 0.15) is 22.1 Å². The van der Waals surface area contributed by atoms with E-state index in [1.807, 2.05) is 0 Å². The summed E-state index contributed by atoms with van der Waals surface area (Å²) in [6.07, 6.45) is 3.32. The largest absolute Gasteiger partial charge is 0.507 e. The van der Waals surface area contributed by atoms with E-state index in [1.54, 1.807) is 13.0 Å². The van der Waals surface area contributed by atoms with Crippen LogP contribution in [0, 0.1) is 6.92 Å². The highest BCUT2D eigenvalue weighted by atomic mass is 32.2. The number of carboxylic acid groups (broad SMARTS) is 1. The number of amides is 1. The fraction of sp³-hybridized carbons (Fsp3) is 0.208. The summed E-state index contributed by atoms with van der Waals surface area (Å²) < 4.78 is 35.6. The highest BCUT2D eigenvalue weighted by molar-refractivity contribution is 7.92. The number of benzene rings is 2. The summed E-state index contributed by atoms with van der Waals surface area (Å²) in [5, 5.41) is 21.6. The van der Waals surface area contributed by atoms with Crippen LogP contribution in [-0.4, -0.2) is 35.1 Å². The van der Waals surface area contributed by atoms with Gasteiger partial charge >= 0.3 is 11.9 Å². The lowest BCUT2D eigenvalue weighted by molar-refractivity contribution is -0.147. The first kappa shape index (κ1) is 24.8. The number of fused-ring (bicyclic) bond motifs is 1. The van der Waals surface area contributed by atoms with E-state index in [0.29, 0.717) is 29.8 Å². The quantitative estimate of drug-likeness (QED) is 0.365. The number of phenols is 1. The van der Waals surface area contributed by atoms with Gasteiger partial charge in [-0.25, -0.2) is 13.2 Å². The first-order chi connectivity index (χ1) is 17.0. The second-order valence-electron chi connectivity index (χ2n) is 8.34. The van der Waals surface area contributed by atoms with Crippen LogP contribution in [0.15, 0.2) is 52.3 Å². The zero-order valence-electron chi connectivity index (χ0n) is 19.4. The normalized spacial score (nSPS) is 12.6. The number of rotatable bonds is 6. The summed E-state index contributed by atoms with van der Waals surface area (Å²) in [4.78, 5) is 33.8. The molecule has 12 heteroatoms. The highest BCUT2D eigenvalue weighted by Crippen LogP contribution is 2.41. The molecule has 11 nitrogen and oxygen atoms in total. The summed E-state index contributed by atoms with van der Waals surface area (Å²) in [6.45, 7) is 1.73. The summed E-state index contributed by atoms with van der Waals surface area (Å²) in [5.74, 6) is -2.61. The molecule has 4 N–H and O–H groups in total. The average Bonchev–Trinajstić information content (AvgIpc) is 3.29. The van der Waals surface area contributed by atoms with Gasteiger partial charge in [0.15, 0.2) is 0 Å². The van der Waals surface area contributed by atoms with E-state index in [4.69, 9.17) is 9.84 Å². The van der Waals surface area contributed by atoms with E-state index in [-0.39, 0.29) is 17.0 Å². The zero-order valence-corrected chi connectivity index (χ0v) is 20.2. The first-order valence-electron chi connectivity index (χ1n) is 10.9. The van der Waals surface area contributed by atoms with Gasteiger partial charge in [-0.3, -0.25) is 14.3 Å². The van der Waals surface area contributed by atoms with E-state index < -0.39 is 32.5 Å². The molecule has 0 unspecified atom stereocenters. The van der Waals surface area contributed by atoms with Gasteiger partial charge in [0, 0.05) is 36.6 Å². The van der Waals surface area contributed by atoms with Gasteiger partial charge in [-0.1, -0.05) is 0 Å². The van der Waals surface area contributed by atoms with Crippen LogP contribution in [0.4, 0.5) is 11.4 Å². The SMILES string of the molecule is Cc1cc(NC(=O)C(=O)O)c2c(c1Oc1ccc(O)c(S(=O)(=O)Nc3ccc(=O)n(C)c3)c1)CCC2. The lowest BCUT2D eigenvalue weighted by Gasteiger charge is -2.18. The Morgan fingerprint density at radius 1 is 1.08 bits per heavy atom. The Bertz CT molecular complexity index is 1560. The van der Waals surface area contributed by atoms with Gasteiger partial charge in [0.05, 0.1) is 5.69 Å². The molecule has 2 aromatic carbocycles. The second kappa shape index (κ2) is 9.38. The molecule has 0 radical (unpaired) electrons. The Balaban J connectivity index is 1.67. The van der Waals surface area contributed by atoms with Crippen molar-refractivity contribution in [1.82, 2.24) is 4.57 Å². The minimum absolute atomic E-state index is 0.135. The van der Waals surface area contributed by atoms with Gasteiger partial charge in [0.25, 0.3) is 10.0 Å². The van der Waals surface area contributed by atoms with Gasteiger partial charge in [-0.2, -0.15) is 0 Å². The lowest BCUT2D eigenvalue weighted by Crippen LogP contribution is -2.22. The molecule has 0 bridgehead atoms. The number of aliphatic carboxylic acids is 1. The average molecular weight is 514 g/mol. The number of carbonyl (C=O) groups is 2. The highest BCUT2D eigenvalue weighted by Gasteiger charge is 2.26. The molecule has 4 rings (SSSR count). The number of aryl methyl sites for hydroxylation is 2. The maximum absolute atomic E-state index is 13.0. The van der Waals surface area contributed by atoms with Gasteiger partial charge in [-0.05, 0) is 61.6 Å². The van der Waals surface area contributed by atoms with Gasteiger partial charge in [-0.15, -0.1) is 0 Å². The van der Waals surface area contributed by atoms with E-state index in [0.717, 1.165) is 17.5 Å². The number of hydrogen-bond donors (Lipinski definition) is 4. The van der Waals surface area contributed by atoms with Crippen molar-refractivity contribution in [3.8, 4) is 17.2 Å². The molecular formula is C24H23N3O8S. The van der Waals surface area contributed by atoms with Crippen LogP contribution in [0.1, 0.15) is 23.1 Å². The van der Waals surface area contributed by atoms with Crippen LogP contribution in [0.25, 0.3) is 0 Å². The smallest absolute Gasteiger partial charge is 0.394 e. The number of carboxylic acids is 1. The fourth-order valence-electron chi connectivity index (χ4n) is 4.08. The standard InChI is InChI=1S/C24H23N3O8S/c1-13-10-18(25-23(30)24(31)32)16-4-3-5-17(16)22(13)35-15-7-8-19(28)20(11-15)36(33,34)26-14-6-9-21(29)27(2)12-14/h6-12,26,28H,3-5H2,1-2H3,(H,25,30)(H,31,32). The zero-order chi connectivity index (χ0) is 26.2. The van der Waals surface area contributed by atoms with E-state index in [2.05, 4.69) is 10.0 Å². The number of aromatic hydroxyl groups is 1. The maximum atomic E-state index is 13.0. The van der Waals surface area contributed by atoms with E-state index >= 15 is 0 Å². The Morgan fingerprint density at radius 2 is 1.81 bits per heavy atom. The number of ether oxygens (including phenoxy) is 1. The minimum Gasteiger partial charge on any atom is -0.507 e. The summed E-state index contributed by atoms with van der Waals surface area (Å²) in [7, 11) is -2.76. The van der Waals surface area contributed by atoms with Gasteiger partial charge < -0.3 is 24.8 Å². The number of nitrogens with zero attached hydrogens (tertiary/aromatic N) is 1. The van der Waals surface area contributed by atoms with Crippen LogP contribution in [0.2, 0.25) is 0 Å². The first-order valence-corrected chi connectivity index (χ1v) is 12.3. The number of aromatic nitrogens is 1. The van der Waals surface area contributed by atoms with E-state index in [9.17, 15) is 27.9 Å². The predicted molar refractivity (Wildman–Crippen MR) is 130 cm³/mol. The van der Waals surface area contributed by atoms with Crippen LogP contribution < -0.4 is 20.3 Å². The fourth-order valence-corrected chi connectivity index (χ4v) is 5.24. The van der Waals surface area contributed by atoms with Gasteiger partial charge in [0.2, 0.25) is 5.56 Å². The molecule has 0 atom stereocenters. The molecule has 0 saturated heterocycles. The Morgan fingerprint density at radius 3 is 2.50 bits per heavy atom. The Kier molecular flexibility index (Phi) is 6.46. The second-order valence-corrected chi connectivity index (χ2v) is 9.99. The third-order valence-corrected chi connectivity index (χ3v) is 7.17. The molecule has 0 saturated carbocycles. The molecule has 1 amide bonds. The molecule has 0 spiro atoms. The molecule has 188 valence electrons. The number of phenolic OH excluding ortho intramolecular Hbond substituents is 1. The lowest BCUT2D eigenvalue weighted by atomic mass is 10.0. The minimum atomic E-state index is -4.24. The van der Waals surface area contributed by atoms with Crippen LogP contribution >= 0.6 is 0 Å². The maximum Gasteiger partial charge on any atom is 0.394 e. The van der Waals surface area contributed by atoms with Crippen molar-refractivity contribution in [1.29, 1.82) is 0 Å². The molecule has 1 aromatic heterocycles. The van der Waals surface area contributed by atoms with E-state index in [1.165, 1.54) is 48.1 Å². The van der Waals surface area contributed by atoms with Crippen LogP contribution in [-0.2, 0) is 39.5 Å². The summed E-state index contributed by atoms with van der Waals surface area (Å²) >= 11 is 0. The molecule has 3 aromatic rings. The summed E-state index contributed by atoms with van der Waals surface area (Å²) in [6, 6.07) is 7.93. The molecule has 1 heterocycles. The topological polar surface area (TPSA) is 164 Å². The molecule has 0 fully saturated rings. The van der Waals surface area contributed by atoms with Crippen LogP contribution in [0.5, 0.6) is 17.2 Å². The Hall–Kier alpha value is -4.32. The summed E-state index contributed by atoms with van der Waals surface area (Å²) in [5.41, 5.74) is 2.38. The van der Waals surface area contributed by atoms with Crippen molar-refractivity contribution in [3.05, 3.63) is 69.6 Å². The molecular weight excluding hydrogens is 490 g/mol. The Labute approximate surface area is 206 Å². The van der Waals surface area contributed by atoms with Crippen molar-refractivity contribution in [2.75, 3.05) is 10.0 Å². The molecule has 36 heavy (non-hydrogen) atoms. The number of sulfonamides is 1. The van der Waals surface area contributed by atoms with Crippen molar-refractivity contribution in [3.63, 3.8) is 0 Å². The molecule has 1 aliphatic rings. The monoisotopic (exact) mass is 513 g/mol. The number of anilines is 2.